The van der Waals surface area contributed by atoms with Gasteiger partial charge in [-0.25, -0.2) is 4.39 Å². The van der Waals surface area contributed by atoms with E-state index in [1.807, 2.05) is 0 Å². The summed E-state index contributed by atoms with van der Waals surface area (Å²) in [5, 5.41) is 11.1. The zero-order chi connectivity index (χ0) is 14.4. The number of amides is 1. The number of carbonyl (C=O) groups is 2. The number of carboxylic acids is 1. The predicted octanol–water partition coefficient (Wildman–Crippen LogP) is 1.35. The van der Waals surface area contributed by atoms with Gasteiger partial charge in [0.25, 0.3) is 5.91 Å². The van der Waals surface area contributed by atoms with Gasteiger partial charge in [-0.15, -0.1) is 0 Å². The lowest BCUT2D eigenvalue weighted by Gasteiger charge is -2.14. The Hall–Kier alpha value is -1.95. The molecule has 0 fully saturated rings. The van der Waals surface area contributed by atoms with E-state index in [0.29, 0.717) is 5.56 Å². The molecule has 0 radical (unpaired) electrons. The molecule has 0 heterocycles. The second-order valence-electron chi connectivity index (χ2n) is 4.18. The van der Waals surface area contributed by atoms with Crippen LogP contribution in [-0.2, 0) is 9.53 Å². The summed E-state index contributed by atoms with van der Waals surface area (Å²) >= 11 is 0. The topological polar surface area (TPSA) is 75.6 Å². The fourth-order valence-corrected chi connectivity index (χ4v) is 1.61. The number of methoxy groups -OCH3 is 1. The smallest absolute Gasteiger partial charge is 0.306 e. The van der Waals surface area contributed by atoms with Gasteiger partial charge in [-0.3, -0.25) is 9.59 Å². The first-order chi connectivity index (χ1) is 8.92. The largest absolute Gasteiger partial charge is 0.481 e. The molecule has 19 heavy (non-hydrogen) atoms. The van der Waals surface area contributed by atoms with Crippen molar-refractivity contribution in [3.8, 4) is 0 Å². The molecule has 2 N–H and O–H groups in total. The van der Waals surface area contributed by atoms with E-state index >= 15 is 0 Å². The maximum absolute atomic E-state index is 13.1. The molecule has 1 unspecified atom stereocenters. The number of hydrogen-bond acceptors (Lipinski definition) is 3. The van der Waals surface area contributed by atoms with Crippen molar-refractivity contribution in [3.63, 3.8) is 0 Å². The van der Waals surface area contributed by atoms with Crippen molar-refractivity contribution in [1.29, 1.82) is 0 Å². The molecule has 0 saturated carbocycles. The fraction of sp³-hybridized carbons (Fsp3) is 0.385. The van der Waals surface area contributed by atoms with Gasteiger partial charge in [0.1, 0.15) is 5.82 Å². The van der Waals surface area contributed by atoms with Crippen molar-refractivity contribution in [2.75, 3.05) is 13.7 Å². The first-order valence-corrected chi connectivity index (χ1v) is 5.72. The quantitative estimate of drug-likeness (QED) is 0.817. The summed E-state index contributed by atoms with van der Waals surface area (Å²) in [5.74, 6) is -1.96. The van der Waals surface area contributed by atoms with Crippen molar-refractivity contribution in [2.45, 2.75) is 19.4 Å². The van der Waals surface area contributed by atoms with Gasteiger partial charge in [0.15, 0.2) is 0 Å². The Bertz CT molecular complexity index is 455. The van der Waals surface area contributed by atoms with Crippen LogP contribution in [0.3, 0.4) is 0 Å². The van der Waals surface area contributed by atoms with Crippen molar-refractivity contribution < 1.29 is 23.8 Å². The van der Waals surface area contributed by atoms with E-state index in [1.165, 1.54) is 13.2 Å². The summed E-state index contributed by atoms with van der Waals surface area (Å²) < 4.78 is 18.1. The molecule has 6 heteroatoms. The zero-order valence-corrected chi connectivity index (χ0v) is 10.8. The SMILES string of the molecule is COC(CNC(=O)c1cc(C)cc(F)c1)CC(=O)O. The maximum Gasteiger partial charge on any atom is 0.306 e. The molecule has 104 valence electrons. The van der Waals surface area contributed by atoms with Crippen LogP contribution >= 0.6 is 0 Å². The standard InChI is InChI=1S/C13H16FNO4/c1-8-3-9(5-10(14)4-8)13(18)15-7-11(19-2)6-12(16)17/h3-5,11H,6-7H2,1-2H3,(H,15,18)(H,16,17). The molecule has 5 nitrogen and oxygen atoms in total. The normalized spacial score (nSPS) is 11.9. The van der Waals surface area contributed by atoms with Crippen molar-refractivity contribution in [1.82, 2.24) is 5.32 Å². The number of carboxylic acid groups (broad SMARTS) is 1. The second-order valence-corrected chi connectivity index (χ2v) is 4.18. The minimum Gasteiger partial charge on any atom is -0.481 e. The molecule has 0 aromatic heterocycles. The summed E-state index contributed by atoms with van der Waals surface area (Å²) in [6.45, 7) is 1.74. The number of rotatable bonds is 6. The van der Waals surface area contributed by atoms with E-state index in [9.17, 15) is 14.0 Å². The van der Waals surface area contributed by atoms with E-state index in [1.54, 1.807) is 13.0 Å². The lowest BCUT2D eigenvalue weighted by molar-refractivity contribution is -0.139. The van der Waals surface area contributed by atoms with Crippen LogP contribution in [0.4, 0.5) is 4.39 Å². The summed E-state index contributed by atoms with van der Waals surface area (Å²) in [5.41, 5.74) is 0.835. The Balaban J connectivity index is 2.61. The first-order valence-electron chi connectivity index (χ1n) is 5.72. The molecule has 0 aliphatic carbocycles. The highest BCUT2D eigenvalue weighted by Crippen LogP contribution is 2.08. The minimum atomic E-state index is -1.01. The Kier molecular flexibility index (Phi) is 5.44. The second kappa shape index (κ2) is 6.84. The molecule has 0 spiro atoms. The third-order valence-corrected chi connectivity index (χ3v) is 2.53. The molecular weight excluding hydrogens is 253 g/mol. The zero-order valence-electron chi connectivity index (χ0n) is 10.8. The summed E-state index contributed by atoms with van der Waals surface area (Å²) in [7, 11) is 1.37. The number of aryl methyl sites for hydroxylation is 1. The van der Waals surface area contributed by atoms with Gasteiger partial charge >= 0.3 is 5.97 Å². The van der Waals surface area contributed by atoms with E-state index in [-0.39, 0.29) is 18.5 Å². The molecule has 0 bridgehead atoms. The highest BCUT2D eigenvalue weighted by Gasteiger charge is 2.14. The summed E-state index contributed by atoms with van der Waals surface area (Å²) in [6, 6.07) is 4.00. The van der Waals surface area contributed by atoms with Crippen LogP contribution in [0.15, 0.2) is 18.2 Å². The molecule has 0 aliphatic heterocycles. The number of ether oxygens (including phenoxy) is 1. The average molecular weight is 269 g/mol. The van der Waals surface area contributed by atoms with Crippen LogP contribution in [0.2, 0.25) is 0 Å². The molecule has 0 saturated heterocycles. The van der Waals surface area contributed by atoms with Gasteiger partial charge in [0.2, 0.25) is 0 Å². The predicted molar refractivity (Wildman–Crippen MR) is 66.5 cm³/mol. The van der Waals surface area contributed by atoms with Crippen LogP contribution in [0, 0.1) is 12.7 Å². The van der Waals surface area contributed by atoms with Gasteiger partial charge in [-0.2, -0.15) is 0 Å². The Labute approximate surface area is 110 Å². The maximum atomic E-state index is 13.1. The summed E-state index contributed by atoms with van der Waals surface area (Å²) in [6.07, 6.45) is -0.824. The van der Waals surface area contributed by atoms with Gasteiger partial charge in [0, 0.05) is 19.2 Å². The number of halogens is 1. The Morgan fingerprint density at radius 1 is 1.42 bits per heavy atom. The molecule has 1 amide bonds. The van der Waals surface area contributed by atoms with E-state index in [0.717, 1.165) is 6.07 Å². The number of carbonyl (C=O) groups excluding carboxylic acids is 1. The van der Waals surface area contributed by atoms with E-state index in [4.69, 9.17) is 9.84 Å². The van der Waals surface area contributed by atoms with E-state index in [2.05, 4.69) is 5.32 Å². The number of aliphatic carboxylic acids is 1. The molecule has 1 aromatic rings. The molecule has 1 aromatic carbocycles. The van der Waals surface area contributed by atoms with Gasteiger partial charge < -0.3 is 15.2 Å². The highest BCUT2D eigenvalue weighted by atomic mass is 19.1. The third kappa shape index (κ3) is 5.05. The molecule has 0 aliphatic rings. The third-order valence-electron chi connectivity index (χ3n) is 2.53. The monoisotopic (exact) mass is 269 g/mol. The van der Waals surface area contributed by atoms with Crippen molar-refractivity contribution in [2.24, 2.45) is 0 Å². The molecular formula is C13H16FNO4. The lowest BCUT2D eigenvalue weighted by Crippen LogP contribution is -2.34. The summed E-state index contributed by atoms with van der Waals surface area (Å²) in [4.78, 5) is 22.3. The Morgan fingerprint density at radius 2 is 2.11 bits per heavy atom. The van der Waals surface area contributed by atoms with Crippen molar-refractivity contribution in [3.05, 3.63) is 35.1 Å². The van der Waals surface area contributed by atoms with Crippen LogP contribution in [0.1, 0.15) is 22.3 Å². The van der Waals surface area contributed by atoms with Crippen LogP contribution < -0.4 is 5.32 Å². The van der Waals surface area contributed by atoms with Crippen LogP contribution in [0.5, 0.6) is 0 Å². The van der Waals surface area contributed by atoms with Gasteiger partial charge in [-0.1, -0.05) is 0 Å². The number of nitrogens with one attached hydrogen (secondary N) is 1. The average Bonchev–Trinajstić information content (AvgIpc) is 2.32. The van der Waals surface area contributed by atoms with Crippen LogP contribution in [-0.4, -0.2) is 36.7 Å². The first kappa shape index (κ1) is 15.1. The minimum absolute atomic E-state index is 0.0528. The highest BCUT2D eigenvalue weighted by molar-refractivity contribution is 5.94. The molecule has 1 atom stereocenters. The number of benzene rings is 1. The van der Waals surface area contributed by atoms with Crippen LogP contribution in [0.25, 0.3) is 0 Å². The van der Waals surface area contributed by atoms with Gasteiger partial charge in [-0.05, 0) is 30.7 Å². The number of hydrogen-bond donors (Lipinski definition) is 2. The fourth-order valence-electron chi connectivity index (χ4n) is 1.61. The lowest BCUT2D eigenvalue weighted by atomic mass is 10.1. The van der Waals surface area contributed by atoms with Gasteiger partial charge in [0.05, 0.1) is 12.5 Å². The molecule has 1 rings (SSSR count). The van der Waals surface area contributed by atoms with E-state index < -0.39 is 23.8 Å². The Morgan fingerprint density at radius 3 is 2.63 bits per heavy atom. The van der Waals surface area contributed by atoms with Crippen molar-refractivity contribution >= 4 is 11.9 Å².